The molecule has 0 aliphatic heterocycles. The molecule has 0 aliphatic carbocycles. The number of aromatic carboxylic acids is 1. The average molecular weight is 290 g/mol. The third kappa shape index (κ3) is 2.82. The standard InChI is InChI=1S/C15H18N2O2S/c1-4-10(2)12-13(14(18)19)20-15(16-12)17(3)11-8-6-5-7-9-11/h5-10H,4H2,1-3H3,(H,18,19). The summed E-state index contributed by atoms with van der Waals surface area (Å²) in [4.78, 5) is 18.2. The fraction of sp³-hybridized carbons (Fsp3) is 0.333. The second kappa shape index (κ2) is 6.05. The highest BCUT2D eigenvalue weighted by Crippen LogP contribution is 2.34. The van der Waals surface area contributed by atoms with Crippen LogP contribution in [0.2, 0.25) is 0 Å². The molecule has 20 heavy (non-hydrogen) atoms. The molecule has 0 radical (unpaired) electrons. The number of benzene rings is 1. The number of hydrogen-bond donors (Lipinski definition) is 1. The lowest BCUT2D eigenvalue weighted by molar-refractivity contribution is 0.0700. The lowest BCUT2D eigenvalue weighted by Crippen LogP contribution is -2.09. The second-order valence-corrected chi connectivity index (χ2v) is 5.70. The van der Waals surface area contributed by atoms with Gasteiger partial charge in [-0.2, -0.15) is 0 Å². The number of nitrogens with zero attached hydrogens (tertiary/aromatic N) is 2. The first-order chi connectivity index (χ1) is 9.54. The lowest BCUT2D eigenvalue weighted by atomic mass is 10.0. The molecule has 0 bridgehead atoms. The van der Waals surface area contributed by atoms with Gasteiger partial charge in [0.1, 0.15) is 4.88 Å². The maximum absolute atomic E-state index is 11.4. The molecular weight excluding hydrogens is 272 g/mol. The van der Waals surface area contributed by atoms with E-state index in [4.69, 9.17) is 0 Å². The summed E-state index contributed by atoms with van der Waals surface area (Å²) in [6.45, 7) is 4.05. The van der Waals surface area contributed by atoms with Crippen molar-refractivity contribution in [2.24, 2.45) is 0 Å². The van der Waals surface area contributed by atoms with Crippen molar-refractivity contribution in [2.75, 3.05) is 11.9 Å². The van der Waals surface area contributed by atoms with Crippen LogP contribution in [0.5, 0.6) is 0 Å². The number of anilines is 2. The Labute approximate surface area is 122 Å². The predicted octanol–water partition coefficient (Wildman–Crippen LogP) is 4.12. The molecule has 0 amide bonds. The molecule has 1 aromatic heterocycles. The summed E-state index contributed by atoms with van der Waals surface area (Å²) >= 11 is 1.23. The van der Waals surface area contributed by atoms with Gasteiger partial charge >= 0.3 is 5.97 Å². The van der Waals surface area contributed by atoms with Crippen LogP contribution in [0.15, 0.2) is 30.3 Å². The molecule has 2 rings (SSSR count). The Hall–Kier alpha value is -1.88. The molecule has 1 unspecified atom stereocenters. The summed E-state index contributed by atoms with van der Waals surface area (Å²) in [5, 5.41) is 10.0. The Bertz CT molecular complexity index is 595. The maximum atomic E-state index is 11.4. The zero-order valence-corrected chi connectivity index (χ0v) is 12.6. The van der Waals surface area contributed by atoms with Crippen molar-refractivity contribution in [3.8, 4) is 0 Å². The van der Waals surface area contributed by atoms with Crippen molar-refractivity contribution < 1.29 is 9.90 Å². The Morgan fingerprint density at radius 2 is 2.05 bits per heavy atom. The molecule has 1 aromatic carbocycles. The maximum Gasteiger partial charge on any atom is 0.347 e. The van der Waals surface area contributed by atoms with Crippen molar-refractivity contribution in [2.45, 2.75) is 26.2 Å². The summed E-state index contributed by atoms with van der Waals surface area (Å²) in [7, 11) is 1.90. The normalized spacial score (nSPS) is 12.2. The number of carboxylic acid groups (broad SMARTS) is 1. The molecule has 4 nitrogen and oxygen atoms in total. The molecule has 106 valence electrons. The van der Waals surface area contributed by atoms with Crippen LogP contribution >= 0.6 is 11.3 Å². The minimum absolute atomic E-state index is 0.148. The van der Waals surface area contributed by atoms with E-state index in [2.05, 4.69) is 4.98 Å². The topological polar surface area (TPSA) is 53.4 Å². The van der Waals surface area contributed by atoms with Crippen LogP contribution in [-0.4, -0.2) is 23.1 Å². The molecule has 1 atom stereocenters. The number of carbonyl (C=O) groups is 1. The van der Waals surface area contributed by atoms with E-state index in [0.29, 0.717) is 15.7 Å². The Balaban J connectivity index is 2.41. The largest absolute Gasteiger partial charge is 0.477 e. The van der Waals surface area contributed by atoms with Gasteiger partial charge in [0.05, 0.1) is 5.69 Å². The molecule has 5 heteroatoms. The summed E-state index contributed by atoms with van der Waals surface area (Å²) in [5.74, 6) is -0.749. The van der Waals surface area contributed by atoms with E-state index in [1.807, 2.05) is 56.1 Å². The van der Waals surface area contributed by atoms with Gasteiger partial charge in [0.15, 0.2) is 5.13 Å². The molecule has 0 aliphatic rings. The molecule has 2 aromatic rings. The van der Waals surface area contributed by atoms with Crippen LogP contribution in [0, 0.1) is 0 Å². The van der Waals surface area contributed by atoms with Gasteiger partial charge in [-0.25, -0.2) is 9.78 Å². The third-order valence-electron chi connectivity index (χ3n) is 3.35. The number of rotatable bonds is 5. The minimum Gasteiger partial charge on any atom is -0.477 e. The van der Waals surface area contributed by atoms with Crippen molar-refractivity contribution in [1.82, 2.24) is 4.98 Å². The van der Waals surface area contributed by atoms with Crippen molar-refractivity contribution in [3.63, 3.8) is 0 Å². The molecular formula is C15H18N2O2S. The van der Waals surface area contributed by atoms with Crippen molar-refractivity contribution >= 4 is 28.1 Å². The summed E-state index contributed by atoms with van der Waals surface area (Å²) < 4.78 is 0. The quantitative estimate of drug-likeness (QED) is 0.900. The molecule has 1 N–H and O–H groups in total. The van der Waals surface area contributed by atoms with E-state index in [-0.39, 0.29) is 5.92 Å². The first-order valence-electron chi connectivity index (χ1n) is 6.57. The smallest absolute Gasteiger partial charge is 0.347 e. The summed E-state index contributed by atoms with van der Waals surface area (Å²) in [6, 6.07) is 9.81. The van der Waals surface area contributed by atoms with Gasteiger partial charge in [0, 0.05) is 12.7 Å². The van der Waals surface area contributed by atoms with E-state index >= 15 is 0 Å². The van der Waals surface area contributed by atoms with Gasteiger partial charge in [-0.3, -0.25) is 0 Å². The number of aromatic nitrogens is 1. The number of para-hydroxylation sites is 1. The second-order valence-electron chi connectivity index (χ2n) is 4.72. The summed E-state index contributed by atoms with van der Waals surface area (Å²) in [6.07, 6.45) is 0.874. The van der Waals surface area contributed by atoms with Gasteiger partial charge < -0.3 is 10.0 Å². The van der Waals surface area contributed by atoms with E-state index in [1.165, 1.54) is 11.3 Å². The van der Waals surface area contributed by atoms with E-state index in [9.17, 15) is 9.90 Å². The molecule has 0 spiro atoms. The Kier molecular flexibility index (Phi) is 4.39. The van der Waals surface area contributed by atoms with Crippen LogP contribution in [0.3, 0.4) is 0 Å². The van der Waals surface area contributed by atoms with Gasteiger partial charge in [-0.1, -0.05) is 43.4 Å². The lowest BCUT2D eigenvalue weighted by Gasteiger charge is -2.15. The average Bonchev–Trinajstić information content (AvgIpc) is 2.92. The minimum atomic E-state index is -0.898. The summed E-state index contributed by atoms with van der Waals surface area (Å²) in [5.41, 5.74) is 1.68. The highest BCUT2D eigenvalue weighted by atomic mass is 32.1. The van der Waals surface area contributed by atoms with E-state index < -0.39 is 5.97 Å². The van der Waals surface area contributed by atoms with Gasteiger partial charge in [-0.15, -0.1) is 0 Å². The predicted molar refractivity (Wildman–Crippen MR) is 82.3 cm³/mol. The van der Waals surface area contributed by atoms with Crippen LogP contribution in [0.4, 0.5) is 10.8 Å². The number of carboxylic acids is 1. The first-order valence-corrected chi connectivity index (χ1v) is 7.39. The van der Waals surface area contributed by atoms with E-state index in [0.717, 1.165) is 12.1 Å². The highest BCUT2D eigenvalue weighted by molar-refractivity contribution is 7.17. The molecule has 0 saturated heterocycles. The number of hydrogen-bond acceptors (Lipinski definition) is 4. The van der Waals surface area contributed by atoms with Gasteiger partial charge in [-0.05, 0) is 24.5 Å². The van der Waals surface area contributed by atoms with Crippen LogP contribution in [0.25, 0.3) is 0 Å². The third-order valence-corrected chi connectivity index (χ3v) is 4.48. The first kappa shape index (κ1) is 14.5. The zero-order valence-electron chi connectivity index (χ0n) is 11.8. The van der Waals surface area contributed by atoms with Crippen LogP contribution < -0.4 is 4.90 Å². The van der Waals surface area contributed by atoms with E-state index in [1.54, 1.807) is 0 Å². The Morgan fingerprint density at radius 3 is 2.60 bits per heavy atom. The number of thiazole rings is 1. The Morgan fingerprint density at radius 1 is 1.40 bits per heavy atom. The fourth-order valence-corrected chi connectivity index (χ4v) is 2.91. The molecule has 0 saturated carbocycles. The fourth-order valence-electron chi connectivity index (χ4n) is 1.91. The molecule has 1 heterocycles. The van der Waals surface area contributed by atoms with Gasteiger partial charge in [0.2, 0.25) is 0 Å². The van der Waals surface area contributed by atoms with Crippen molar-refractivity contribution in [3.05, 3.63) is 40.9 Å². The van der Waals surface area contributed by atoms with Gasteiger partial charge in [0.25, 0.3) is 0 Å². The molecule has 0 fully saturated rings. The van der Waals surface area contributed by atoms with Crippen molar-refractivity contribution in [1.29, 1.82) is 0 Å². The monoisotopic (exact) mass is 290 g/mol. The highest BCUT2D eigenvalue weighted by Gasteiger charge is 2.22. The SMILES string of the molecule is CCC(C)c1nc(N(C)c2ccccc2)sc1C(=O)O. The van der Waals surface area contributed by atoms with Crippen LogP contribution in [0.1, 0.15) is 41.6 Å². The van der Waals surface area contributed by atoms with Crippen LogP contribution in [-0.2, 0) is 0 Å². The zero-order chi connectivity index (χ0) is 14.7.